The summed E-state index contributed by atoms with van der Waals surface area (Å²) in [5.74, 6) is 1.82. The van der Waals surface area contributed by atoms with Crippen LogP contribution in [0.2, 0.25) is 0 Å². The van der Waals surface area contributed by atoms with Gasteiger partial charge in [-0.15, -0.1) is 0 Å². The monoisotopic (exact) mass is 242 g/mol. The summed E-state index contributed by atoms with van der Waals surface area (Å²) in [6.45, 7) is 5.53. The first-order valence-electron chi connectivity index (χ1n) is 6.17. The van der Waals surface area contributed by atoms with E-state index in [-0.39, 0.29) is 0 Å². The lowest BCUT2D eigenvalue weighted by atomic mass is 10.2. The molecule has 1 aromatic carbocycles. The van der Waals surface area contributed by atoms with Gasteiger partial charge in [-0.1, -0.05) is 18.2 Å². The number of benzene rings is 1. The molecule has 94 valence electrons. The normalized spacial score (nSPS) is 10.1. The summed E-state index contributed by atoms with van der Waals surface area (Å²) in [6.07, 6.45) is 1.80. The Balaban J connectivity index is 2.02. The number of hydrogen-bond acceptors (Lipinski definition) is 3. The van der Waals surface area contributed by atoms with Crippen LogP contribution in [-0.2, 0) is 6.61 Å². The summed E-state index contributed by atoms with van der Waals surface area (Å²) < 4.78 is 5.80. The van der Waals surface area contributed by atoms with E-state index in [0.717, 1.165) is 29.2 Å². The van der Waals surface area contributed by atoms with Crippen molar-refractivity contribution in [2.24, 2.45) is 0 Å². The molecule has 18 heavy (non-hydrogen) atoms. The summed E-state index contributed by atoms with van der Waals surface area (Å²) in [6, 6.07) is 12.0. The number of anilines is 1. The zero-order valence-corrected chi connectivity index (χ0v) is 10.8. The molecule has 0 bridgehead atoms. The van der Waals surface area contributed by atoms with Crippen LogP contribution in [0, 0.1) is 6.92 Å². The maximum absolute atomic E-state index is 5.80. The third kappa shape index (κ3) is 3.23. The second-order valence-electron chi connectivity index (χ2n) is 4.13. The van der Waals surface area contributed by atoms with E-state index in [1.54, 1.807) is 6.20 Å². The van der Waals surface area contributed by atoms with Gasteiger partial charge in [0.1, 0.15) is 18.2 Å². The van der Waals surface area contributed by atoms with Crippen LogP contribution >= 0.6 is 0 Å². The number of aromatic nitrogens is 1. The van der Waals surface area contributed by atoms with E-state index in [1.807, 2.05) is 43.3 Å². The SMILES string of the molecule is CCNc1cc(COc2ccccc2C)ccn1. The van der Waals surface area contributed by atoms with Crippen LogP contribution in [0.5, 0.6) is 5.75 Å². The van der Waals surface area contributed by atoms with Crippen molar-refractivity contribution in [2.45, 2.75) is 20.5 Å². The van der Waals surface area contributed by atoms with Gasteiger partial charge in [-0.05, 0) is 43.2 Å². The Bertz CT molecular complexity index is 511. The highest BCUT2D eigenvalue weighted by atomic mass is 16.5. The first-order chi connectivity index (χ1) is 8.79. The Morgan fingerprint density at radius 1 is 1.22 bits per heavy atom. The molecule has 0 spiro atoms. The number of para-hydroxylation sites is 1. The molecule has 1 N–H and O–H groups in total. The van der Waals surface area contributed by atoms with Gasteiger partial charge in [-0.25, -0.2) is 4.98 Å². The fourth-order valence-corrected chi connectivity index (χ4v) is 1.72. The van der Waals surface area contributed by atoms with E-state index in [0.29, 0.717) is 6.61 Å². The van der Waals surface area contributed by atoms with Crippen molar-refractivity contribution in [3.8, 4) is 5.75 Å². The van der Waals surface area contributed by atoms with E-state index in [4.69, 9.17) is 4.74 Å². The molecule has 1 heterocycles. The molecule has 0 atom stereocenters. The summed E-state index contributed by atoms with van der Waals surface area (Å²) in [5, 5.41) is 3.19. The third-order valence-electron chi connectivity index (χ3n) is 2.67. The molecule has 3 heteroatoms. The molecule has 2 aromatic rings. The fourth-order valence-electron chi connectivity index (χ4n) is 1.72. The van der Waals surface area contributed by atoms with E-state index in [1.165, 1.54) is 0 Å². The van der Waals surface area contributed by atoms with E-state index in [2.05, 4.69) is 17.2 Å². The lowest BCUT2D eigenvalue weighted by Crippen LogP contribution is -2.02. The predicted octanol–water partition coefficient (Wildman–Crippen LogP) is 3.40. The van der Waals surface area contributed by atoms with Crippen LogP contribution in [0.1, 0.15) is 18.1 Å². The molecule has 0 fully saturated rings. The van der Waals surface area contributed by atoms with E-state index >= 15 is 0 Å². The molecular weight excluding hydrogens is 224 g/mol. The van der Waals surface area contributed by atoms with Gasteiger partial charge < -0.3 is 10.1 Å². The maximum Gasteiger partial charge on any atom is 0.126 e. The lowest BCUT2D eigenvalue weighted by molar-refractivity contribution is 0.304. The predicted molar refractivity (Wildman–Crippen MR) is 73.9 cm³/mol. The fraction of sp³-hybridized carbons (Fsp3) is 0.267. The summed E-state index contributed by atoms with van der Waals surface area (Å²) >= 11 is 0. The van der Waals surface area contributed by atoms with E-state index < -0.39 is 0 Å². The van der Waals surface area contributed by atoms with Crippen LogP contribution in [-0.4, -0.2) is 11.5 Å². The van der Waals surface area contributed by atoms with Crippen LogP contribution < -0.4 is 10.1 Å². The van der Waals surface area contributed by atoms with Gasteiger partial charge in [0.2, 0.25) is 0 Å². The van der Waals surface area contributed by atoms with Gasteiger partial charge in [-0.2, -0.15) is 0 Å². The van der Waals surface area contributed by atoms with E-state index in [9.17, 15) is 0 Å². The van der Waals surface area contributed by atoms with Crippen molar-refractivity contribution in [3.63, 3.8) is 0 Å². The molecule has 1 aromatic heterocycles. The number of pyridine rings is 1. The van der Waals surface area contributed by atoms with Crippen LogP contribution in [0.15, 0.2) is 42.6 Å². The molecule has 0 radical (unpaired) electrons. The van der Waals surface area contributed by atoms with Gasteiger partial charge in [0.25, 0.3) is 0 Å². The van der Waals surface area contributed by atoms with Crippen LogP contribution in [0.3, 0.4) is 0 Å². The Kier molecular flexibility index (Phi) is 4.18. The topological polar surface area (TPSA) is 34.1 Å². The first kappa shape index (κ1) is 12.4. The molecule has 0 amide bonds. The second kappa shape index (κ2) is 6.05. The Labute approximate surface area is 108 Å². The van der Waals surface area contributed by atoms with Crippen LogP contribution in [0.25, 0.3) is 0 Å². The molecule has 0 aliphatic rings. The molecule has 0 unspecified atom stereocenters. The highest BCUT2D eigenvalue weighted by molar-refractivity contribution is 5.37. The van der Waals surface area contributed by atoms with Gasteiger partial charge in [0.15, 0.2) is 0 Å². The van der Waals surface area contributed by atoms with Crippen molar-refractivity contribution in [1.29, 1.82) is 0 Å². The van der Waals surface area contributed by atoms with Gasteiger partial charge in [-0.3, -0.25) is 0 Å². The Morgan fingerprint density at radius 3 is 2.83 bits per heavy atom. The quantitative estimate of drug-likeness (QED) is 0.872. The van der Waals surface area contributed by atoms with Crippen molar-refractivity contribution < 1.29 is 4.74 Å². The molecule has 0 aliphatic heterocycles. The summed E-state index contributed by atoms with van der Waals surface area (Å²) in [5.41, 5.74) is 2.27. The number of nitrogens with one attached hydrogen (secondary N) is 1. The zero-order chi connectivity index (χ0) is 12.8. The number of aryl methyl sites for hydroxylation is 1. The summed E-state index contributed by atoms with van der Waals surface area (Å²) in [7, 11) is 0. The number of hydrogen-bond donors (Lipinski definition) is 1. The standard InChI is InChI=1S/C15H18N2O/c1-3-16-15-10-13(8-9-17-15)11-18-14-7-5-4-6-12(14)2/h4-10H,3,11H2,1-2H3,(H,16,17). The Hall–Kier alpha value is -2.03. The minimum absolute atomic E-state index is 0.561. The first-order valence-corrected chi connectivity index (χ1v) is 6.17. The molecule has 2 rings (SSSR count). The average Bonchev–Trinajstić information content (AvgIpc) is 2.39. The highest BCUT2D eigenvalue weighted by Crippen LogP contribution is 2.18. The summed E-state index contributed by atoms with van der Waals surface area (Å²) in [4.78, 5) is 4.24. The third-order valence-corrected chi connectivity index (χ3v) is 2.67. The molecular formula is C15H18N2O. The molecule has 0 saturated carbocycles. The van der Waals surface area contributed by atoms with Crippen LogP contribution in [0.4, 0.5) is 5.82 Å². The molecule has 0 saturated heterocycles. The Morgan fingerprint density at radius 2 is 2.06 bits per heavy atom. The molecule has 3 nitrogen and oxygen atoms in total. The smallest absolute Gasteiger partial charge is 0.126 e. The number of ether oxygens (including phenoxy) is 1. The van der Waals surface area contributed by atoms with Crippen molar-refractivity contribution in [1.82, 2.24) is 4.98 Å². The second-order valence-corrected chi connectivity index (χ2v) is 4.13. The largest absolute Gasteiger partial charge is 0.489 e. The minimum Gasteiger partial charge on any atom is -0.489 e. The lowest BCUT2D eigenvalue weighted by Gasteiger charge is -2.09. The van der Waals surface area contributed by atoms with Crippen molar-refractivity contribution in [2.75, 3.05) is 11.9 Å². The molecule has 0 aliphatic carbocycles. The minimum atomic E-state index is 0.561. The van der Waals surface area contributed by atoms with Gasteiger partial charge >= 0.3 is 0 Å². The zero-order valence-electron chi connectivity index (χ0n) is 10.8. The number of rotatable bonds is 5. The van der Waals surface area contributed by atoms with Crippen molar-refractivity contribution in [3.05, 3.63) is 53.7 Å². The van der Waals surface area contributed by atoms with Gasteiger partial charge in [0, 0.05) is 12.7 Å². The maximum atomic E-state index is 5.80. The van der Waals surface area contributed by atoms with Crippen molar-refractivity contribution >= 4 is 5.82 Å². The highest BCUT2D eigenvalue weighted by Gasteiger charge is 2.00. The average molecular weight is 242 g/mol. The number of nitrogens with zero attached hydrogens (tertiary/aromatic N) is 1. The van der Waals surface area contributed by atoms with Gasteiger partial charge in [0.05, 0.1) is 0 Å².